The lowest BCUT2D eigenvalue weighted by atomic mass is 9.85. The largest absolute Gasteiger partial charge is 0.489 e. The van der Waals surface area contributed by atoms with Crippen molar-refractivity contribution >= 4 is 24.1 Å². The zero-order valence-electron chi connectivity index (χ0n) is 32.4. The third kappa shape index (κ3) is 12.4. The topological polar surface area (TPSA) is 132 Å². The first kappa shape index (κ1) is 40.5. The van der Waals surface area contributed by atoms with Gasteiger partial charge in [-0.3, -0.25) is 9.59 Å². The zero-order valence-corrected chi connectivity index (χ0v) is 32.4. The van der Waals surface area contributed by atoms with Crippen LogP contribution < -0.4 is 4.74 Å². The van der Waals surface area contributed by atoms with Crippen molar-refractivity contribution in [3.05, 3.63) is 65.2 Å². The Balaban J connectivity index is 1.44. The van der Waals surface area contributed by atoms with Gasteiger partial charge < -0.3 is 33.9 Å². The van der Waals surface area contributed by atoms with Crippen LogP contribution in [0.3, 0.4) is 0 Å². The minimum Gasteiger partial charge on any atom is -0.489 e. The summed E-state index contributed by atoms with van der Waals surface area (Å²) < 4.78 is 23.5. The molecular weight excluding hydrogens is 664 g/mol. The van der Waals surface area contributed by atoms with Crippen LogP contribution in [0.5, 0.6) is 5.75 Å². The molecule has 4 rings (SSSR count). The third-order valence-electron chi connectivity index (χ3n) is 9.14. The Labute approximate surface area is 308 Å². The highest BCUT2D eigenvalue weighted by atomic mass is 16.6. The van der Waals surface area contributed by atoms with Crippen molar-refractivity contribution < 1.29 is 43.2 Å². The Morgan fingerprint density at radius 1 is 0.673 bits per heavy atom. The van der Waals surface area contributed by atoms with Gasteiger partial charge in [0.2, 0.25) is 0 Å². The van der Waals surface area contributed by atoms with Gasteiger partial charge in [0.05, 0.1) is 11.8 Å². The molecule has 2 fully saturated rings. The molecule has 286 valence electrons. The number of amides is 2. The summed E-state index contributed by atoms with van der Waals surface area (Å²) in [5.74, 6) is -1.12. The van der Waals surface area contributed by atoms with Crippen molar-refractivity contribution in [2.75, 3.05) is 26.2 Å². The van der Waals surface area contributed by atoms with E-state index in [0.717, 1.165) is 16.7 Å². The molecule has 2 saturated heterocycles. The minimum absolute atomic E-state index is 0.0874. The van der Waals surface area contributed by atoms with Crippen LogP contribution in [-0.2, 0) is 43.2 Å². The summed E-state index contributed by atoms with van der Waals surface area (Å²) in [7, 11) is 0. The maximum absolute atomic E-state index is 13.6. The number of ether oxygens (including phenoxy) is 4. The molecule has 0 saturated carbocycles. The molecule has 0 aromatic heterocycles. The van der Waals surface area contributed by atoms with E-state index in [0.29, 0.717) is 57.6 Å². The Kier molecular flexibility index (Phi) is 12.9. The number of esters is 2. The first-order valence-corrected chi connectivity index (χ1v) is 18.4. The molecule has 11 nitrogen and oxygen atoms in total. The molecule has 0 radical (unpaired) electrons. The molecule has 2 aromatic carbocycles. The van der Waals surface area contributed by atoms with Crippen LogP contribution in [-0.4, -0.2) is 82.0 Å². The van der Waals surface area contributed by atoms with Crippen LogP contribution in [0.15, 0.2) is 48.5 Å². The molecule has 52 heavy (non-hydrogen) atoms. The van der Waals surface area contributed by atoms with Crippen molar-refractivity contribution in [3.63, 3.8) is 0 Å². The number of nitrogens with zero attached hydrogens (tertiary/aromatic N) is 2. The average molecular weight is 723 g/mol. The van der Waals surface area contributed by atoms with Gasteiger partial charge in [0.1, 0.15) is 29.2 Å². The summed E-state index contributed by atoms with van der Waals surface area (Å²) in [4.78, 5) is 54.3. The summed E-state index contributed by atoms with van der Waals surface area (Å²) in [6.07, 6.45) is 0.782. The van der Waals surface area contributed by atoms with Crippen LogP contribution in [0, 0.1) is 23.7 Å². The van der Waals surface area contributed by atoms with Gasteiger partial charge >= 0.3 is 24.1 Å². The number of carboxylic acid groups (broad SMARTS) is 1. The number of carbonyl (C=O) groups excluding carboxylic acids is 3. The molecule has 0 unspecified atom stereocenters. The number of benzene rings is 2. The number of hydrogen-bond acceptors (Lipinski definition) is 8. The normalized spacial score (nSPS) is 19.2. The fraction of sp³-hybridized carbons (Fsp3) is 0.610. The number of carbonyl (C=O) groups is 4. The molecule has 2 amide bonds. The highest BCUT2D eigenvalue weighted by Crippen LogP contribution is 2.33. The van der Waals surface area contributed by atoms with Gasteiger partial charge in [0.15, 0.2) is 0 Å². The Hall–Kier alpha value is -4.28. The highest BCUT2D eigenvalue weighted by molar-refractivity contribution is 5.75. The Morgan fingerprint density at radius 2 is 1.13 bits per heavy atom. The molecule has 2 heterocycles. The van der Waals surface area contributed by atoms with E-state index < -0.39 is 34.7 Å². The van der Waals surface area contributed by atoms with E-state index >= 15 is 0 Å². The lowest BCUT2D eigenvalue weighted by molar-refractivity contribution is -0.163. The number of hydrogen-bond donors (Lipinski definition) is 1. The van der Waals surface area contributed by atoms with Crippen LogP contribution >= 0.6 is 0 Å². The van der Waals surface area contributed by atoms with Gasteiger partial charge in [-0.05, 0) is 129 Å². The highest BCUT2D eigenvalue weighted by Gasteiger charge is 2.40. The summed E-state index contributed by atoms with van der Waals surface area (Å²) in [5, 5.41) is 9.51. The molecule has 4 atom stereocenters. The molecule has 11 heteroatoms. The maximum Gasteiger partial charge on any atom is 0.410 e. The second-order valence-electron chi connectivity index (χ2n) is 17.2. The van der Waals surface area contributed by atoms with Crippen molar-refractivity contribution in [2.45, 2.75) is 111 Å². The van der Waals surface area contributed by atoms with Crippen LogP contribution in [0.1, 0.15) is 91.8 Å². The lowest BCUT2D eigenvalue weighted by Gasteiger charge is -2.28. The SMILES string of the molecule is CC(C)(C)OC(=O)[C@@H](Cc1cccc(COc2cccc(C[C@H](C(=O)OC(C)(C)C)[C@H]3CCN(C(=O)OC(C)(C)C)C3)c2)c1)[C@H]1CCN(C(=O)O)C1. The van der Waals surface area contributed by atoms with E-state index in [9.17, 15) is 24.3 Å². The maximum atomic E-state index is 13.6. The monoisotopic (exact) mass is 722 g/mol. The molecule has 2 aromatic rings. The van der Waals surface area contributed by atoms with E-state index in [2.05, 4.69) is 0 Å². The van der Waals surface area contributed by atoms with Crippen LogP contribution in [0.4, 0.5) is 9.59 Å². The third-order valence-corrected chi connectivity index (χ3v) is 9.14. The van der Waals surface area contributed by atoms with Crippen molar-refractivity contribution in [1.29, 1.82) is 0 Å². The van der Waals surface area contributed by atoms with Gasteiger partial charge in [-0.25, -0.2) is 9.59 Å². The van der Waals surface area contributed by atoms with E-state index in [4.69, 9.17) is 18.9 Å². The van der Waals surface area contributed by atoms with Gasteiger partial charge in [0.25, 0.3) is 0 Å². The second-order valence-corrected chi connectivity index (χ2v) is 17.2. The van der Waals surface area contributed by atoms with E-state index in [1.807, 2.05) is 111 Å². The van der Waals surface area contributed by atoms with E-state index in [1.165, 1.54) is 4.90 Å². The van der Waals surface area contributed by atoms with Gasteiger partial charge in [-0.1, -0.05) is 36.4 Å². The Bertz CT molecular complexity index is 1570. The van der Waals surface area contributed by atoms with Crippen LogP contribution in [0.2, 0.25) is 0 Å². The van der Waals surface area contributed by atoms with Gasteiger partial charge in [-0.15, -0.1) is 0 Å². The smallest absolute Gasteiger partial charge is 0.410 e. The van der Waals surface area contributed by atoms with Crippen molar-refractivity contribution in [3.8, 4) is 5.75 Å². The predicted molar refractivity (Wildman–Crippen MR) is 197 cm³/mol. The second kappa shape index (κ2) is 16.6. The van der Waals surface area contributed by atoms with E-state index in [1.54, 1.807) is 4.90 Å². The number of rotatable bonds is 11. The standard InChI is InChI=1S/C41H58N2O9/c1-39(2,3)50-35(44)33(30-16-18-42(24-30)37(46)47)22-27-12-10-14-29(20-27)26-49-32-15-11-13-28(21-32)23-34(36(45)51-40(4,5)6)31-17-19-43(25-31)38(48)52-41(7,8)9/h10-15,20-21,30-31,33-34H,16-19,22-26H2,1-9H3,(H,46,47)/t30-,31-,33-,34-/m0/s1. The molecule has 2 aliphatic rings. The number of likely N-dealkylation sites (tertiary alicyclic amines) is 2. The average Bonchev–Trinajstić information content (AvgIpc) is 3.71. The lowest BCUT2D eigenvalue weighted by Crippen LogP contribution is -2.38. The summed E-state index contributed by atoms with van der Waals surface area (Å²) >= 11 is 0. The first-order valence-electron chi connectivity index (χ1n) is 18.4. The van der Waals surface area contributed by atoms with E-state index in [-0.39, 0.29) is 36.5 Å². The molecule has 0 spiro atoms. The Morgan fingerprint density at radius 3 is 1.63 bits per heavy atom. The molecule has 2 aliphatic heterocycles. The molecule has 0 aliphatic carbocycles. The minimum atomic E-state index is -0.975. The van der Waals surface area contributed by atoms with Gasteiger partial charge in [0, 0.05) is 26.2 Å². The quantitative estimate of drug-likeness (QED) is 0.185. The summed E-state index contributed by atoms with van der Waals surface area (Å²) in [5.41, 5.74) is 0.868. The fourth-order valence-corrected chi connectivity index (χ4v) is 6.82. The molecular formula is C41H58N2O9. The summed E-state index contributed by atoms with van der Waals surface area (Å²) in [6.45, 7) is 18.5. The van der Waals surface area contributed by atoms with Gasteiger partial charge in [-0.2, -0.15) is 0 Å². The molecule has 1 N–H and O–H groups in total. The first-order chi connectivity index (χ1) is 24.2. The zero-order chi connectivity index (χ0) is 38.4. The van der Waals surface area contributed by atoms with Crippen molar-refractivity contribution in [2.24, 2.45) is 23.7 Å². The predicted octanol–water partition coefficient (Wildman–Crippen LogP) is 7.52. The van der Waals surface area contributed by atoms with Crippen molar-refractivity contribution in [1.82, 2.24) is 9.80 Å². The summed E-state index contributed by atoms with van der Waals surface area (Å²) in [6, 6.07) is 15.6. The van der Waals surface area contributed by atoms with Crippen LogP contribution in [0.25, 0.3) is 0 Å². The molecule has 0 bridgehead atoms. The fourth-order valence-electron chi connectivity index (χ4n) is 6.82.